The summed E-state index contributed by atoms with van der Waals surface area (Å²) in [6.07, 6.45) is 0.462. The molecule has 1 aliphatic heterocycles. The van der Waals surface area contributed by atoms with Crippen LogP contribution in [0.15, 0.2) is 24.3 Å². The number of likely N-dealkylation sites (tertiary alicyclic amines) is 1. The van der Waals surface area contributed by atoms with Gasteiger partial charge in [-0.05, 0) is 32.4 Å². The highest BCUT2D eigenvalue weighted by Gasteiger charge is 2.42. The molecule has 1 saturated heterocycles. The molecule has 6 heteroatoms. The molecule has 0 bridgehead atoms. The van der Waals surface area contributed by atoms with Crippen molar-refractivity contribution in [1.82, 2.24) is 4.90 Å². The topological polar surface area (TPSA) is 76.1 Å². The minimum atomic E-state index is -0.870. The number of benzene rings is 1. The van der Waals surface area contributed by atoms with Gasteiger partial charge in [-0.15, -0.1) is 0 Å². The standard InChI is InChI=1S/C16H21NO5/c1-3-21-12-6-4-5-7-13(12)22-10-14(18)17-9-8-16(2,11-17)15(19)20/h4-7H,3,8-11H2,1-2H3,(H,19,20). The fourth-order valence-corrected chi connectivity index (χ4v) is 2.42. The first kappa shape index (κ1) is 16.1. The number of rotatable bonds is 6. The zero-order valence-electron chi connectivity index (χ0n) is 12.9. The number of carbonyl (C=O) groups is 2. The number of carboxylic acid groups (broad SMARTS) is 1. The zero-order valence-corrected chi connectivity index (χ0v) is 12.9. The highest BCUT2D eigenvalue weighted by atomic mass is 16.5. The maximum atomic E-state index is 12.2. The van der Waals surface area contributed by atoms with E-state index in [0.717, 1.165) is 0 Å². The quantitative estimate of drug-likeness (QED) is 0.867. The lowest BCUT2D eigenvalue weighted by atomic mass is 9.90. The predicted octanol–water partition coefficient (Wildman–Crippen LogP) is 1.79. The maximum absolute atomic E-state index is 12.2. The van der Waals surface area contributed by atoms with Gasteiger partial charge in [-0.1, -0.05) is 12.1 Å². The van der Waals surface area contributed by atoms with Crippen molar-refractivity contribution in [3.05, 3.63) is 24.3 Å². The monoisotopic (exact) mass is 307 g/mol. The minimum absolute atomic E-state index is 0.125. The van der Waals surface area contributed by atoms with E-state index in [1.54, 1.807) is 25.1 Å². The van der Waals surface area contributed by atoms with Gasteiger partial charge in [0.2, 0.25) is 0 Å². The van der Waals surface area contributed by atoms with E-state index in [0.29, 0.717) is 31.1 Å². The van der Waals surface area contributed by atoms with E-state index in [-0.39, 0.29) is 19.1 Å². The second kappa shape index (κ2) is 6.68. The summed E-state index contributed by atoms with van der Waals surface area (Å²) >= 11 is 0. The Morgan fingerprint density at radius 3 is 2.45 bits per heavy atom. The van der Waals surface area contributed by atoms with Gasteiger partial charge < -0.3 is 19.5 Å². The van der Waals surface area contributed by atoms with Gasteiger partial charge in [0.15, 0.2) is 18.1 Å². The summed E-state index contributed by atoms with van der Waals surface area (Å²) in [6.45, 7) is 4.58. The van der Waals surface area contributed by atoms with Crippen molar-refractivity contribution in [2.24, 2.45) is 5.41 Å². The Morgan fingerprint density at radius 1 is 1.27 bits per heavy atom. The first-order valence-corrected chi connectivity index (χ1v) is 7.32. The van der Waals surface area contributed by atoms with Crippen LogP contribution >= 0.6 is 0 Å². The molecule has 1 atom stereocenters. The lowest BCUT2D eigenvalue weighted by Crippen LogP contribution is -2.37. The van der Waals surface area contributed by atoms with Gasteiger partial charge in [-0.2, -0.15) is 0 Å². The van der Waals surface area contributed by atoms with Crippen molar-refractivity contribution in [1.29, 1.82) is 0 Å². The van der Waals surface area contributed by atoms with Crippen molar-refractivity contribution in [2.45, 2.75) is 20.3 Å². The van der Waals surface area contributed by atoms with Gasteiger partial charge in [-0.25, -0.2) is 0 Å². The molecule has 1 aromatic carbocycles. The van der Waals surface area contributed by atoms with Crippen LogP contribution in [0, 0.1) is 5.41 Å². The summed E-state index contributed by atoms with van der Waals surface area (Å²) in [5.74, 6) is 0.0224. The van der Waals surface area contributed by atoms with Crippen molar-refractivity contribution < 1.29 is 24.2 Å². The summed E-state index contributed by atoms with van der Waals surface area (Å²) in [5.41, 5.74) is -0.862. The van der Waals surface area contributed by atoms with Gasteiger partial charge in [0.1, 0.15) is 0 Å². The summed E-state index contributed by atoms with van der Waals surface area (Å²) in [5, 5.41) is 9.19. The molecular weight excluding hydrogens is 286 g/mol. The Morgan fingerprint density at radius 2 is 1.91 bits per heavy atom. The Balaban J connectivity index is 1.93. The molecule has 0 spiro atoms. The number of amides is 1. The smallest absolute Gasteiger partial charge is 0.311 e. The number of nitrogens with zero attached hydrogens (tertiary/aromatic N) is 1. The highest BCUT2D eigenvalue weighted by Crippen LogP contribution is 2.30. The summed E-state index contributed by atoms with van der Waals surface area (Å²) in [7, 11) is 0. The molecule has 2 rings (SSSR count). The number of aliphatic carboxylic acids is 1. The molecule has 6 nitrogen and oxygen atoms in total. The highest BCUT2D eigenvalue weighted by molar-refractivity contribution is 5.81. The fourth-order valence-electron chi connectivity index (χ4n) is 2.42. The molecule has 0 aromatic heterocycles. The average Bonchev–Trinajstić information content (AvgIpc) is 2.90. The Labute approximate surface area is 129 Å². The number of hydrogen-bond acceptors (Lipinski definition) is 4. The average molecular weight is 307 g/mol. The first-order chi connectivity index (χ1) is 10.5. The molecule has 0 saturated carbocycles. The number of para-hydroxylation sites is 2. The lowest BCUT2D eigenvalue weighted by molar-refractivity contribution is -0.147. The second-order valence-electron chi connectivity index (χ2n) is 5.60. The van der Waals surface area contributed by atoms with Crippen LogP contribution in [-0.4, -0.2) is 48.2 Å². The van der Waals surface area contributed by atoms with Crippen LogP contribution in [0.3, 0.4) is 0 Å². The molecule has 1 unspecified atom stereocenters. The molecule has 1 aromatic rings. The van der Waals surface area contributed by atoms with Gasteiger partial charge in [0.25, 0.3) is 5.91 Å². The van der Waals surface area contributed by atoms with Crippen LogP contribution in [0.2, 0.25) is 0 Å². The van der Waals surface area contributed by atoms with Crippen LogP contribution < -0.4 is 9.47 Å². The molecule has 120 valence electrons. The number of carbonyl (C=O) groups excluding carboxylic acids is 1. The third-order valence-electron chi connectivity index (χ3n) is 3.84. The van der Waals surface area contributed by atoms with Crippen LogP contribution in [0.25, 0.3) is 0 Å². The Kier molecular flexibility index (Phi) is 4.90. The summed E-state index contributed by atoms with van der Waals surface area (Å²) in [4.78, 5) is 24.9. The largest absolute Gasteiger partial charge is 0.490 e. The lowest BCUT2D eigenvalue weighted by Gasteiger charge is -2.20. The minimum Gasteiger partial charge on any atom is -0.490 e. The third kappa shape index (κ3) is 3.50. The summed E-state index contributed by atoms with van der Waals surface area (Å²) in [6, 6.07) is 7.16. The van der Waals surface area contributed by atoms with Gasteiger partial charge in [-0.3, -0.25) is 9.59 Å². The van der Waals surface area contributed by atoms with E-state index in [1.807, 2.05) is 13.0 Å². The van der Waals surface area contributed by atoms with Crippen molar-refractivity contribution >= 4 is 11.9 Å². The summed E-state index contributed by atoms with van der Waals surface area (Å²) < 4.78 is 11.0. The van der Waals surface area contributed by atoms with Gasteiger partial charge in [0.05, 0.1) is 12.0 Å². The van der Waals surface area contributed by atoms with Crippen LogP contribution in [-0.2, 0) is 9.59 Å². The Bertz CT molecular complexity index is 559. The first-order valence-electron chi connectivity index (χ1n) is 7.32. The molecule has 22 heavy (non-hydrogen) atoms. The van der Waals surface area contributed by atoms with E-state index >= 15 is 0 Å². The van der Waals surface area contributed by atoms with E-state index in [2.05, 4.69) is 0 Å². The molecule has 1 N–H and O–H groups in total. The number of ether oxygens (including phenoxy) is 2. The molecular formula is C16H21NO5. The van der Waals surface area contributed by atoms with Crippen LogP contribution in [0.5, 0.6) is 11.5 Å². The molecule has 0 aliphatic carbocycles. The van der Waals surface area contributed by atoms with Crippen LogP contribution in [0.1, 0.15) is 20.3 Å². The van der Waals surface area contributed by atoms with Crippen LogP contribution in [0.4, 0.5) is 0 Å². The van der Waals surface area contributed by atoms with Crippen molar-refractivity contribution in [3.63, 3.8) is 0 Å². The SMILES string of the molecule is CCOc1ccccc1OCC(=O)N1CCC(C)(C(=O)O)C1. The molecule has 1 fully saturated rings. The number of carboxylic acids is 1. The van der Waals surface area contributed by atoms with Gasteiger partial charge >= 0.3 is 5.97 Å². The van der Waals surface area contributed by atoms with E-state index in [4.69, 9.17) is 9.47 Å². The van der Waals surface area contributed by atoms with Gasteiger partial charge in [0, 0.05) is 13.1 Å². The second-order valence-corrected chi connectivity index (χ2v) is 5.60. The molecule has 1 amide bonds. The molecule has 1 heterocycles. The van der Waals surface area contributed by atoms with Crippen molar-refractivity contribution in [3.8, 4) is 11.5 Å². The molecule has 1 aliphatic rings. The zero-order chi connectivity index (χ0) is 16.2. The van der Waals surface area contributed by atoms with E-state index in [1.165, 1.54) is 4.90 Å². The maximum Gasteiger partial charge on any atom is 0.311 e. The van der Waals surface area contributed by atoms with Crippen molar-refractivity contribution in [2.75, 3.05) is 26.3 Å². The van der Waals surface area contributed by atoms with E-state index in [9.17, 15) is 14.7 Å². The fraction of sp³-hybridized carbons (Fsp3) is 0.500. The van der Waals surface area contributed by atoms with E-state index < -0.39 is 11.4 Å². The molecule has 0 radical (unpaired) electrons. The predicted molar refractivity (Wildman–Crippen MR) is 80.0 cm³/mol. The Hall–Kier alpha value is -2.24. The normalized spacial score (nSPS) is 20.7. The third-order valence-corrected chi connectivity index (χ3v) is 3.84. The number of hydrogen-bond donors (Lipinski definition) is 1.